The van der Waals surface area contributed by atoms with Crippen molar-refractivity contribution < 1.29 is 14.6 Å². The summed E-state index contributed by atoms with van der Waals surface area (Å²) in [5.74, 6) is -0.832. The Morgan fingerprint density at radius 3 is 2.18 bits per heavy atom. The van der Waals surface area contributed by atoms with Crippen molar-refractivity contribution >= 4 is 15.0 Å². The van der Waals surface area contributed by atoms with Crippen molar-refractivity contribution in [2.75, 3.05) is 0 Å². The first-order chi connectivity index (χ1) is 7.82. The zero-order valence-corrected chi connectivity index (χ0v) is 11.8. The highest BCUT2D eigenvalue weighted by atomic mass is 31.0. The number of carbonyl (C=O) groups is 1. The molecule has 0 aromatic heterocycles. The topological polar surface area (TPSA) is 46.5 Å². The van der Waals surface area contributed by atoms with Crippen LogP contribution in [0.2, 0.25) is 0 Å². The normalized spacial score (nSPS) is 14.5. The molecule has 0 spiro atoms. The Bertz CT molecular complexity index is 404. The third-order valence-corrected chi connectivity index (χ3v) is 2.99. The van der Waals surface area contributed by atoms with E-state index in [-0.39, 0.29) is 5.78 Å². The first-order valence-electron chi connectivity index (χ1n) is 5.54. The van der Waals surface area contributed by atoms with Crippen molar-refractivity contribution in [3.05, 3.63) is 34.4 Å². The summed E-state index contributed by atoms with van der Waals surface area (Å²) >= 11 is 0. The van der Waals surface area contributed by atoms with Gasteiger partial charge < -0.3 is 9.84 Å². The van der Waals surface area contributed by atoms with Gasteiger partial charge in [-0.05, 0) is 38.8 Å². The molecule has 0 saturated carbocycles. The molecule has 0 aliphatic rings. The number of ether oxygens (including phenoxy) is 1. The van der Waals surface area contributed by atoms with Gasteiger partial charge in [-0.2, -0.15) is 0 Å². The van der Waals surface area contributed by atoms with Gasteiger partial charge in [-0.1, -0.05) is 26.9 Å². The Balaban J connectivity index is 3.04. The summed E-state index contributed by atoms with van der Waals surface area (Å²) in [4.78, 5) is 12.2. The second-order valence-corrected chi connectivity index (χ2v) is 4.90. The highest BCUT2D eigenvalue weighted by Crippen LogP contribution is 2.21. The van der Waals surface area contributed by atoms with E-state index in [9.17, 15) is 4.79 Å². The lowest BCUT2D eigenvalue weighted by Crippen LogP contribution is -2.24. The van der Waals surface area contributed by atoms with Gasteiger partial charge in [-0.3, -0.25) is 4.79 Å². The van der Waals surface area contributed by atoms with Gasteiger partial charge in [0.25, 0.3) is 0 Å². The average Bonchev–Trinajstić information content (AvgIpc) is 2.14. The Morgan fingerprint density at radius 2 is 1.76 bits per heavy atom. The fraction of sp³-hybridized carbons (Fsp3) is 0.462. The van der Waals surface area contributed by atoms with Crippen LogP contribution in [0.1, 0.15) is 34.0 Å². The van der Waals surface area contributed by atoms with Gasteiger partial charge in [0.1, 0.15) is 5.85 Å². The quantitative estimate of drug-likeness (QED) is 0.509. The van der Waals surface area contributed by atoms with Crippen LogP contribution in [0.4, 0.5) is 0 Å². The van der Waals surface area contributed by atoms with E-state index in [1.165, 1.54) is 6.92 Å². The number of aliphatic hydroxyl groups excluding tert-OH is 1. The molecular formula is C13H19O3P. The van der Waals surface area contributed by atoms with Gasteiger partial charge >= 0.3 is 0 Å². The summed E-state index contributed by atoms with van der Waals surface area (Å²) in [6, 6.07) is 3.94. The second-order valence-electron chi connectivity index (χ2n) is 4.29. The Hall–Kier alpha value is -0.760. The molecule has 0 amide bonds. The van der Waals surface area contributed by atoms with Crippen LogP contribution in [0.3, 0.4) is 0 Å². The number of Topliss-reactive ketones (excluding diaryl/α,β-unsaturated/α-hetero) is 1. The first-order valence-corrected chi connectivity index (χ1v) is 6.20. The summed E-state index contributed by atoms with van der Waals surface area (Å²) in [6.45, 7) is 7.30. The largest absolute Gasteiger partial charge is 0.368 e. The molecule has 3 nitrogen and oxygen atoms in total. The zero-order valence-electron chi connectivity index (χ0n) is 10.7. The smallest absolute Gasteiger partial charge is 0.195 e. The minimum atomic E-state index is -0.951. The van der Waals surface area contributed by atoms with Crippen LogP contribution in [-0.2, 0) is 4.74 Å². The third kappa shape index (κ3) is 3.60. The Labute approximate surface area is 104 Å². The van der Waals surface area contributed by atoms with Gasteiger partial charge in [0.2, 0.25) is 0 Å². The van der Waals surface area contributed by atoms with E-state index >= 15 is 0 Å². The number of hydrogen-bond donors (Lipinski definition) is 1. The summed E-state index contributed by atoms with van der Waals surface area (Å²) in [6.07, 6.45) is -0.951. The van der Waals surface area contributed by atoms with Crippen molar-refractivity contribution in [1.82, 2.24) is 0 Å². The SMILES string of the molecule is Cc1cc(C)c(C(=O)C(P)OC(C)O)c(C)c1. The molecule has 3 atom stereocenters. The number of aryl methyl sites for hydroxylation is 3. The van der Waals surface area contributed by atoms with Gasteiger partial charge in [-0.15, -0.1) is 0 Å². The van der Waals surface area contributed by atoms with Crippen molar-refractivity contribution in [2.45, 2.75) is 39.8 Å². The second kappa shape index (κ2) is 5.72. The van der Waals surface area contributed by atoms with E-state index in [4.69, 9.17) is 9.84 Å². The summed E-state index contributed by atoms with van der Waals surface area (Å²) in [5.41, 5.74) is 3.69. The van der Waals surface area contributed by atoms with Crippen LogP contribution in [0.15, 0.2) is 12.1 Å². The molecule has 94 valence electrons. The molecule has 4 heteroatoms. The number of ketones is 1. The number of rotatable bonds is 4. The van der Waals surface area contributed by atoms with Crippen molar-refractivity contribution in [3.63, 3.8) is 0 Å². The lowest BCUT2D eigenvalue weighted by atomic mass is 9.97. The van der Waals surface area contributed by atoms with E-state index in [2.05, 4.69) is 9.24 Å². The number of hydrogen-bond acceptors (Lipinski definition) is 3. The first kappa shape index (κ1) is 14.3. The highest BCUT2D eigenvalue weighted by Gasteiger charge is 2.21. The zero-order chi connectivity index (χ0) is 13.2. The van der Waals surface area contributed by atoms with E-state index < -0.39 is 12.1 Å². The van der Waals surface area contributed by atoms with Crippen LogP contribution in [-0.4, -0.2) is 23.0 Å². The molecule has 0 heterocycles. The van der Waals surface area contributed by atoms with Crippen molar-refractivity contribution in [1.29, 1.82) is 0 Å². The average molecular weight is 254 g/mol. The van der Waals surface area contributed by atoms with E-state index in [0.29, 0.717) is 5.56 Å². The fourth-order valence-electron chi connectivity index (χ4n) is 1.98. The molecule has 0 fully saturated rings. The predicted molar refractivity (Wildman–Crippen MR) is 71.2 cm³/mol. The van der Waals surface area contributed by atoms with Gasteiger partial charge in [-0.25, -0.2) is 0 Å². The molecule has 3 unspecified atom stereocenters. The minimum absolute atomic E-state index is 0.120. The van der Waals surface area contributed by atoms with Crippen molar-refractivity contribution in [2.24, 2.45) is 0 Å². The molecule has 0 aliphatic heterocycles. The maximum absolute atomic E-state index is 12.2. The lowest BCUT2D eigenvalue weighted by molar-refractivity contribution is -0.0868. The summed E-state index contributed by atoms with van der Waals surface area (Å²) in [5, 5.41) is 9.11. The summed E-state index contributed by atoms with van der Waals surface area (Å²) < 4.78 is 5.08. The van der Waals surface area contributed by atoms with Crippen LogP contribution in [0, 0.1) is 20.8 Å². The molecule has 0 bridgehead atoms. The molecule has 0 saturated heterocycles. The number of aliphatic hydroxyl groups is 1. The van der Waals surface area contributed by atoms with Gasteiger partial charge in [0.05, 0.1) is 0 Å². The molecule has 17 heavy (non-hydrogen) atoms. The van der Waals surface area contributed by atoms with Crippen LogP contribution < -0.4 is 0 Å². The Kier molecular flexibility index (Phi) is 4.81. The van der Waals surface area contributed by atoms with Crippen LogP contribution >= 0.6 is 9.24 Å². The van der Waals surface area contributed by atoms with Crippen LogP contribution in [0.25, 0.3) is 0 Å². The summed E-state index contributed by atoms with van der Waals surface area (Å²) in [7, 11) is 2.32. The van der Waals surface area contributed by atoms with E-state index in [1.54, 1.807) is 0 Å². The molecule has 1 aromatic carbocycles. The monoisotopic (exact) mass is 254 g/mol. The van der Waals surface area contributed by atoms with E-state index in [0.717, 1.165) is 16.7 Å². The molecule has 0 radical (unpaired) electrons. The fourth-order valence-corrected chi connectivity index (χ4v) is 2.38. The molecule has 0 aliphatic carbocycles. The standard InChI is InChI=1S/C13H19O3P/c1-7-5-8(2)11(9(3)6-7)12(15)13(17)16-10(4)14/h5-6,10,13-14H,17H2,1-4H3. The van der Waals surface area contributed by atoms with Crippen LogP contribution in [0.5, 0.6) is 0 Å². The maximum Gasteiger partial charge on any atom is 0.195 e. The highest BCUT2D eigenvalue weighted by molar-refractivity contribution is 7.19. The molecular weight excluding hydrogens is 235 g/mol. The van der Waals surface area contributed by atoms with E-state index in [1.807, 2.05) is 32.9 Å². The number of carbonyl (C=O) groups excluding carboxylic acids is 1. The van der Waals surface area contributed by atoms with Crippen molar-refractivity contribution in [3.8, 4) is 0 Å². The maximum atomic E-state index is 12.2. The minimum Gasteiger partial charge on any atom is -0.368 e. The van der Waals surface area contributed by atoms with Gasteiger partial charge in [0, 0.05) is 5.56 Å². The molecule has 1 rings (SSSR count). The third-order valence-electron chi connectivity index (χ3n) is 2.53. The lowest BCUT2D eigenvalue weighted by Gasteiger charge is -2.17. The predicted octanol–water partition coefficient (Wildman–Crippen LogP) is 2.35. The number of benzene rings is 1. The molecule has 1 N–H and O–H groups in total. The Morgan fingerprint density at radius 1 is 1.29 bits per heavy atom. The van der Waals surface area contributed by atoms with Gasteiger partial charge in [0.15, 0.2) is 12.1 Å². The molecule has 1 aromatic rings.